The van der Waals surface area contributed by atoms with Crippen molar-refractivity contribution in [2.24, 2.45) is 7.05 Å². The van der Waals surface area contributed by atoms with Gasteiger partial charge in [0, 0.05) is 35.6 Å². The van der Waals surface area contributed by atoms with E-state index in [0.29, 0.717) is 10.9 Å². The van der Waals surface area contributed by atoms with E-state index in [1.165, 1.54) is 11.3 Å². The summed E-state index contributed by atoms with van der Waals surface area (Å²) in [5.74, 6) is -1.51. The van der Waals surface area contributed by atoms with Crippen LogP contribution in [0.2, 0.25) is 0 Å². The highest BCUT2D eigenvalue weighted by atomic mass is 32.1. The van der Waals surface area contributed by atoms with Gasteiger partial charge >= 0.3 is 0 Å². The Morgan fingerprint density at radius 1 is 1.13 bits per heavy atom. The molecule has 2 aromatic carbocycles. The molecule has 0 saturated heterocycles. The van der Waals surface area contributed by atoms with Crippen molar-refractivity contribution in [3.8, 4) is 10.6 Å². The van der Waals surface area contributed by atoms with Crippen LogP contribution in [0.4, 0.5) is 8.78 Å². The highest BCUT2D eigenvalue weighted by molar-refractivity contribution is 7.13. The number of rotatable bonds is 1. The molecule has 4 rings (SSSR count). The van der Waals surface area contributed by atoms with Gasteiger partial charge in [-0.05, 0) is 18.2 Å². The SMILES string of the molecule is Cn1c2cc(-c3nccs3)ccc2c(=O)c2cc(F)cc(F)c21. The first-order chi connectivity index (χ1) is 11.1. The molecule has 0 aliphatic carbocycles. The Hall–Kier alpha value is -2.60. The quantitative estimate of drug-likeness (QED) is 0.493. The number of benzene rings is 2. The molecule has 0 unspecified atom stereocenters. The molecule has 23 heavy (non-hydrogen) atoms. The maximum Gasteiger partial charge on any atom is 0.197 e. The van der Waals surface area contributed by atoms with Gasteiger partial charge in [-0.25, -0.2) is 13.8 Å². The van der Waals surface area contributed by atoms with Gasteiger partial charge in [-0.3, -0.25) is 4.79 Å². The van der Waals surface area contributed by atoms with Crippen molar-refractivity contribution < 1.29 is 8.78 Å². The van der Waals surface area contributed by atoms with Crippen molar-refractivity contribution >= 4 is 33.1 Å². The van der Waals surface area contributed by atoms with Crippen LogP contribution < -0.4 is 5.43 Å². The zero-order chi connectivity index (χ0) is 16.1. The molecule has 0 atom stereocenters. The van der Waals surface area contributed by atoms with E-state index < -0.39 is 11.6 Å². The molecule has 114 valence electrons. The van der Waals surface area contributed by atoms with Gasteiger partial charge < -0.3 is 4.57 Å². The van der Waals surface area contributed by atoms with E-state index in [4.69, 9.17) is 0 Å². The molecule has 0 N–H and O–H groups in total. The van der Waals surface area contributed by atoms with E-state index in [0.717, 1.165) is 22.7 Å². The molecule has 0 amide bonds. The number of pyridine rings is 1. The van der Waals surface area contributed by atoms with Crippen LogP contribution >= 0.6 is 11.3 Å². The average molecular weight is 328 g/mol. The third-order valence-electron chi connectivity index (χ3n) is 3.89. The fraction of sp³-hybridized carbons (Fsp3) is 0.0588. The van der Waals surface area contributed by atoms with Gasteiger partial charge in [-0.1, -0.05) is 6.07 Å². The smallest absolute Gasteiger partial charge is 0.197 e. The van der Waals surface area contributed by atoms with Crippen LogP contribution in [0.15, 0.2) is 46.7 Å². The maximum absolute atomic E-state index is 14.2. The summed E-state index contributed by atoms with van der Waals surface area (Å²) in [7, 11) is 1.66. The van der Waals surface area contributed by atoms with E-state index in [9.17, 15) is 13.6 Å². The first-order valence-corrected chi connectivity index (χ1v) is 7.75. The third kappa shape index (κ3) is 2.06. The average Bonchev–Trinajstić information content (AvgIpc) is 3.06. The Labute approximate surface area is 133 Å². The zero-order valence-electron chi connectivity index (χ0n) is 12.0. The summed E-state index contributed by atoms with van der Waals surface area (Å²) in [6.07, 6.45) is 1.70. The predicted octanol–water partition coefficient (Wildman–Crippen LogP) is 4.09. The van der Waals surface area contributed by atoms with Gasteiger partial charge in [0.2, 0.25) is 0 Å². The van der Waals surface area contributed by atoms with Crippen LogP contribution in [-0.4, -0.2) is 9.55 Å². The largest absolute Gasteiger partial charge is 0.341 e. The fourth-order valence-electron chi connectivity index (χ4n) is 2.85. The number of hydrogen-bond acceptors (Lipinski definition) is 3. The molecule has 0 aliphatic heterocycles. The second kappa shape index (κ2) is 4.96. The molecule has 3 nitrogen and oxygen atoms in total. The van der Waals surface area contributed by atoms with Crippen molar-refractivity contribution in [2.45, 2.75) is 0 Å². The monoisotopic (exact) mass is 328 g/mol. The summed E-state index contributed by atoms with van der Waals surface area (Å²) in [4.78, 5) is 16.8. The lowest BCUT2D eigenvalue weighted by Gasteiger charge is -2.12. The molecule has 0 aliphatic rings. The molecule has 0 spiro atoms. The van der Waals surface area contributed by atoms with E-state index >= 15 is 0 Å². The lowest BCUT2D eigenvalue weighted by Crippen LogP contribution is -2.11. The van der Waals surface area contributed by atoms with Crippen LogP contribution in [0.5, 0.6) is 0 Å². The number of fused-ring (bicyclic) bond motifs is 2. The van der Waals surface area contributed by atoms with E-state index in [1.807, 2.05) is 5.38 Å². The highest BCUT2D eigenvalue weighted by Crippen LogP contribution is 2.27. The van der Waals surface area contributed by atoms with Gasteiger partial charge in [0.1, 0.15) is 10.8 Å². The Morgan fingerprint density at radius 3 is 2.70 bits per heavy atom. The van der Waals surface area contributed by atoms with E-state index in [-0.39, 0.29) is 16.3 Å². The minimum absolute atomic E-state index is 0.0412. The van der Waals surface area contributed by atoms with Gasteiger partial charge in [0.15, 0.2) is 11.2 Å². The number of aromatic nitrogens is 2. The fourth-order valence-corrected chi connectivity index (χ4v) is 3.48. The van der Waals surface area contributed by atoms with Crippen molar-refractivity contribution in [1.29, 1.82) is 0 Å². The number of thiazole rings is 1. The molecule has 2 heterocycles. The lowest BCUT2D eigenvalue weighted by molar-refractivity contribution is 0.588. The van der Waals surface area contributed by atoms with Gasteiger partial charge in [-0.2, -0.15) is 0 Å². The van der Waals surface area contributed by atoms with E-state index in [1.54, 1.807) is 36.0 Å². The second-order valence-corrected chi connectivity index (χ2v) is 6.14. The summed E-state index contributed by atoms with van der Waals surface area (Å²) in [5, 5.41) is 3.14. The number of hydrogen-bond donors (Lipinski definition) is 0. The van der Waals surface area contributed by atoms with Crippen LogP contribution in [0.25, 0.3) is 32.4 Å². The molecule has 0 radical (unpaired) electrons. The summed E-state index contributed by atoms with van der Waals surface area (Å²) in [5.41, 5.74) is 1.16. The minimum Gasteiger partial charge on any atom is -0.341 e. The molecule has 0 bridgehead atoms. The molecule has 6 heteroatoms. The van der Waals surface area contributed by atoms with Crippen LogP contribution in [0.1, 0.15) is 0 Å². The first-order valence-electron chi connectivity index (χ1n) is 6.87. The Bertz CT molecular complexity index is 1120. The van der Waals surface area contributed by atoms with Crippen LogP contribution in [0, 0.1) is 11.6 Å². The zero-order valence-corrected chi connectivity index (χ0v) is 12.8. The van der Waals surface area contributed by atoms with Gasteiger partial charge in [0.25, 0.3) is 0 Å². The maximum atomic E-state index is 14.2. The van der Waals surface area contributed by atoms with Crippen molar-refractivity contribution in [3.63, 3.8) is 0 Å². The van der Waals surface area contributed by atoms with Gasteiger partial charge in [0.05, 0.1) is 16.4 Å². The minimum atomic E-state index is -0.758. The molecule has 0 fully saturated rings. The Morgan fingerprint density at radius 2 is 1.96 bits per heavy atom. The van der Waals surface area contributed by atoms with Gasteiger partial charge in [-0.15, -0.1) is 11.3 Å². The molecule has 4 aromatic rings. The van der Waals surface area contributed by atoms with Crippen molar-refractivity contribution in [1.82, 2.24) is 9.55 Å². The van der Waals surface area contributed by atoms with Crippen molar-refractivity contribution in [2.75, 3.05) is 0 Å². The standard InChI is InChI=1S/C17H10F2N2OS/c1-21-14-6-9(17-20-4-5-23-17)2-3-11(14)16(22)12-7-10(18)8-13(19)15(12)21/h2-8H,1H3. The molecule has 2 aromatic heterocycles. The van der Waals surface area contributed by atoms with Crippen molar-refractivity contribution in [3.05, 3.63) is 63.8 Å². The molecular weight excluding hydrogens is 318 g/mol. The summed E-state index contributed by atoms with van der Waals surface area (Å²) >= 11 is 1.48. The number of nitrogens with zero attached hydrogens (tertiary/aromatic N) is 2. The Balaban J connectivity index is 2.17. The first kappa shape index (κ1) is 14.0. The molecule has 0 saturated carbocycles. The third-order valence-corrected chi connectivity index (χ3v) is 4.71. The topological polar surface area (TPSA) is 34.9 Å². The number of halogens is 2. The summed E-state index contributed by atoms with van der Waals surface area (Å²) in [6.45, 7) is 0. The predicted molar refractivity (Wildman–Crippen MR) is 87.7 cm³/mol. The highest BCUT2D eigenvalue weighted by Gasteiger charge is 2.15. The molecular formula is C17H10F2N2OS. The Kier molecular flexibility index (Phi) is 3.02. The van der Waals surface area contributed by atoms with E-state index in [2.05, 4.69) is 4.98 Å². The van der Waals surface area contributed by atoms with Crippen LogP contribution in [-0.2, 0) is 7.05 Å². The van der Waals surface area contributed by atoms with Crippen LogP contribution in [0.3, 0.4) is 0 Å². The summed E-state index contributed by atoms with van der Waals surface area (Å²) < 4.78 is 29.2. The second-order valence-electron chi connectivity index (χ2n) is 5.24. The normalized spacial score (nSPS) is 11.4. The number of aryl methyl sites for hydroxylation is 1. The lowest BCUT2D eigenvalue weighted by atomic mass is 10.1. The summed E-state index contributed by atoms with van der Waals surface area (Å²) in [6, 6.07) is 7.14.